The van der Waals surface area contributed by atoms with Gasteiger partial charge in [0.25, 0.3) is 7.37 Å². The maximum absolute atomic E-state index is 14.6. The number of pyridine rings is 1. The Morgan fingerprint density at radius 2 is 1.63 bits per heavy atom. The molecule has 0 saturated heterocycles. The molecule has 1 unspecified atom stereocenters. The minimum Gasteiger partial charge on any atom is -0.481 e. The topological polar surface area (TPSA) is 108 Å². The zero-order valence-electron chi connectivity index (χ0n) is 20.0. The van der Waals surface area contributed by atoms with E-state index in [9.17, 15) is 41.3 Å². The molecule has 3 rings (SSSR count). The van der Waals surface area contributed by atoms with Gasteiger partial charge in [0.2, 0.25) is 0 Å². The fourth-order valence-corrected chi connectivity index (χ4v) is 4.69. The quantitative estimate of drug-likeness (QED) is 0.115. The first-order chi connectivity index (χ1) is 17.7. The maximum atomic E-state index is 14.6. The molecular formula is C26H21F5NO5P. The molecule has 2 atom stereocenters. The molecule has 0 radical (unpaired) electrons. The van der Waals surface area contributed by atoms with E-state index in [-0.39, 0.29) is 28.1 Å². The number of aliphatic carboxylic acids is 1. The molecule has 38 heavy (non-hydrogen) atoms. The van der Waals surface area contributed by atoms with Gasteiger partial charge in [0.15, 0.2) is 23.3 Å². The standard InChI is InChI=1S/C26H21F5NO5P/c1-13(2)26-17(7-8-38(36,37)12-16(33)9-22(34)35)18(14-3-5-15(27)6-4-14)11-21(32-26)19-10-20(28)24(30)25(31)23(19)29/h3-6,10-11,13,16,33H,9,12H2,1-2H3,(H,34,35)(H,36,37)/t16-/m1/s1. The monoisotopic (exact) mass is 553 g/mol. The van der Waals surface area contributed by atoms with Crippen LogP contribution in [0.3, 0.4) is 0 Å². The number of rotatable bonds is 7. The van der Waals surface area contributed by atoms with E-state index in [1.165, 1.54) is 18.2 Å². The van der Waals surface area contributed by atoms with Crippen LogP contribution in [0.2, 0.25) is 0 Å². The van der Waals surface area contributed by atoms with Crippen LogP contribution >= 0.6 is 7.37 Å². The third kappa shape index (κ3) is 6.64. The first kappa shape index (κ1) is 29.0. The number of aromatic nitrogens is 1. The third-order valence-electron chi connectivity index (χ3n) is 5.35. The van der Waals surface area contributed by atoms with Gasteiger partial charge in [-0.25, -0.2) is 22.0 Å². The van der Waals surface area contributed by atoms with Crippen molar-refractivity contribution in [2.24, 2.45) is 0 Å². The largest absolute Gasteiger partial charge is 0.481 e. The number of carboxylic acids is 1. The minimum atomic E-state index is -4.40. The number of hydrogen-bond donors (Lipinski definition) is 3. The van der Waals surface area contributed by atoms with Gasteiger partial charge in [-0.15, -0.1) is 0 Å². The second kappa shape index (κ2) is 11.4. The van der Waals surface area contributed by atoms with Gasteiger partial charge in [0, 0.05) is 11.1 Å². The fraction of sp³-hybridized carbons (Fsp3) is 0.231. The maximum Gasteiger partial charge on any atom is 0.305 e. The van der Waals surface area contributed by atoms with E-state index >= 15 is 0 Å². The van der Waals surface area contributed by atoms with Crippen molar-refractivity contribution in [1.82, 2.24) is 4.98 Å². The summed E-state index contributed by atoms with van der Waals surface area (Å²) in [7, 11) is -4.40. The van der Waals surface area contributed by atoms with Crippen LogP contribution in [0.4, 0.5) is 22.0 Å². The summed E-state index contributed by atoms with van der Waals surface area (Å²) in [5.41, 5.74) is 1.69. The molecule has 0 aliphatic carbocycles. The van der Waals surface area contributed by atoms with Gasteiger partial charge < -0.3 is 15.1 Å². The number of aliphatic hydroxyl groups excluding tert-OH is 1. The van der Waals surface area contributed by atoms with Gasteiger partial charge in [0.1, 0.15) is 5.82 Å². The highest BCUT2D eigenvalue weighted by atomic mass is 31.2. The molecule has 0 bridgehead atoms. The normalized spacial score (nSPS) is 13.5. The first-order valence-corrected chi connectivity index (χ1v) is 12.9. The number of aliphatic hydroxyl groups is 1. The highest BCUT2D eigenvalue weighted by Gasteiger charge is 2.25. The summed E-state index contributed by atoms with van der Waals surface area (Å²) < 4.78 is 82.3. The Morgan fingerprint density at radius 1 is 1.00 bits per heavy atom. The number of halogens is 5. The minimum absolute atomic E-state index is 0.0424. The predicted molar refractivity (Wildman–Crippen MR) is 129 cm³/mol. The molecule has 3 N–H and O–H groups in total. The summed E-state index contributed by atoms with van der Waals surface area (Å²) in [6.45, 7) is 3.28. The molecule has 200 valence electrons. The van der Waals surface area contributed by atoms with Crippen LogP contribution in [0.5, 0.6) is 0 Å². The zero-order chi connectivity index (χ0) is 28.4. The molecule has 1 heterocycles. The van der Waals surface area contributed by atoms with Crippen molar-refractivity contribution in [2.75, 3.05) is 6.16 Å². The van der Waals surface area contributed by atoms with E-state index < -0.39 is 72.6 Å². The molecule has 3 aromatic rings. The number of carboxylic acid groups (broad SMARTS) is 1. The van der Waals surface area contributed by atoms with Crippen LogP contribution < -0.4 is 0 Å². The van der Waals surface area contributed by atoms with E-state index in [1.807, 2.05) is 0 Å². The Hall–Kier alpha value is -3.58. The Balaban J connectivity index is 2.28. The fourth-order valence-electron chi connectivity index (χ4n) is 3.61. The summed E-state index contributed by atoms with van der Waals surface area (Å²) in [4.78, 5) is 25.2. The van der Waals surface area contributed by atoms with Crippen LogP contribution in [-0.2, 0) is 9.36 Å². The van der Waals surface area contributed by atoms with Gasteiger partial charge in [-0.2, -0.15) is 0 Å². The lowest BCUT2D eigenvalue weighted by atomic mass is 9.93. The lowest BCUT2D eigenvalue weighted by Gasteiger charge is -2.17. The van der Waals surface area contributed by atoms with E-state index in [4.69, 9.17) is 5.11 Å². The van der Waals surface area contributed by atoms with Crippen LogP contribution in [0.15, 0.2) is 36.4 Å². The van der Waals surface area contributed by atoms with Crippen LogP contribution in [-0.4, -0.2) is 38.3 Å². The number of benzene rings is 2. The van der Waals surface area contributed by atoms with Crippen LogP contribution in [0, 0.1) is 40.7 Å². The Labute approximate surface area is 214 Å². The van der Waals surface area contributed by atoms with Crippen LogP contribution in [0.1, 0.15) is 37.4 Å². The summed E-state index contributed by atoms with van der Waals surface area (Å²) in [5.74, 6) is -7.34. The SMILES string of the molecule is CC(C)c1nc(-c2cc(F)c(F)c(F)c2F)cc(-c2ccc(F)cc2)c1C#CP(=O)(O)C[C@H](O)CC(=O)O. The van der Waals surface area contributed by atoms with E-state index in [0.29, 0.717) is 6.07 Å². The van der Waals surface area contributed by atoms with Crippen molar-refractivity contribution in [1.29, 1.82) is 0 Å². The van der Waals surface area contributed by atoms with Gasteiger partial charge in [-0.05, 0) is 41.4 Å². The van der Waals surface area contributed by atoms with Crippen molar-refractivity contribution < 1.29 is 46.4 Å². The molecule has 0 amide bonds. The zero-order valence-corrected chi connectivity index (χ0v) is 20.9. The first-order valence-electron chi connectivity index (χ1n) is 11.1. The second-order valence-electron chi connectivity index (χ2n) is 8.70. The average Bonchev–Trinajstić information content (AvgIpc) is 2.82. The molecule has 6 nitrogen and oxygen atoms in total. The smallest absolute Gasteiger partial charge is 0.305 e. The molecule has 1 aromatic heterocycles. The molecule has 12 heteroatoms. The second-order valence-corrected chi connectivity index (χ2v) is 10.7. The third-order valence-corrected chi connectivity index (χ3v) is 6.73. The highest BCUT2D eigenvalue weighted by molar-refractivity contribution is 7.63. The van der Waals surface area contributed by atoms with Crippen molar-refractivity contribution in [3.63, 3.8) is 0 Å². The molecule has 0 spiro atoms. The van der Waals surface area contributed by atoms with Gasteiger partial charge in [0.05, 0.1) is 35.6 Å². The molecule has 0 fully saturated rings. The lowest BCUT2D eigenvalue weighted by Crippen LogP contribution is -2.17. The van der Waals surface area contributed by atoms with Gasteiger partial charge >= 0.3 is 5.97 Å². The van der Waals surface area contributed by atoms with E-state index in [0.717, 1.165) is 12.1 Å². The predicted octanol–water partition coefficient (Wildman–Crippen LogP) is 5.65. The summed E-state index contributed by atoms with van der Waals surface area (Å²) in [5, 5.41) is 18.5. The molecule has 2 aromatic carbocycles. The van der Waals surface area contributed by atoms with Gasteiger partial charge in [-0.1, -0.05) is 31.9 Å². The average molecular weight is 553 g/mol. The number of hydrogen-bond acceptors (Lipinski definition) is 4. The van der Waals surface area contributed by atoms with Crippen molar-refractivity contribution in [3.8, 4) is 34.0 Å². The van der Waals surface area contributed by atoms with Crippen molar-refractivity contribution in [2.45, 2.75) is 32.3 Å². The molecule has 0 aliphatic heterocycles. The Kier molecular flexibility index (Phi) is 8.72. The summed E-state index contributed by atoms with van der Waals surface area (Å²) in [6, 6.07) is 6.44. The van der Waals surface area contributed by atoms with Crippen LogP contribution in [0.25, 0.3) is 22.4 Å². The Morgan fingerprint density at radius 3 is 2.21 bits per heavy atom. The molecular weight excluding hydrogens is 532 g/mol. The van der Waals surface area contributed by atoms with E-state index in [2.05, 4.69) is 16.6 Å². The van der Waals surface area contributed by atoms with Crippen molar-refractivity contribution >= 4 is 13.3 Å². The van der Waals surface area contributed by atoms with Gasteiger partial charge in [-0.3, -0.25) is 14.3 Å². The Bertz CT molecular complexity index is 1500. The summed E-state index contributed by atoms with van der Waals surface area (Å²) in [6.07, 6.45) is -3.26. The number of carbonyl (C=O) groups is 1. The van der Waals surface area contributed by atoms with Crippen molar-refractivity contribution in [3.05, 3.63) is 76.7 Å². The highest BCUT2D eigenvalue weighted by Crippen LogP contribution is 2.41. The molecule has 0 saturated carbocycles. The lowest BCUT2D eigenvalue weighted by molar-refractivity contribution is -0.138. The summed E-state index contributed by atoms with van der Waals surface area (Å²) >= 11 is 0. The molecule has 0 aliphatic rings. The number of nitrogens with zero attached hydrogens (tertiary/aromatic N) is 1. The van der Waals surface area contributed by atoms with E-state index in [1.54, 1.807) is 13.8 Å².